The number of rotatable bonds is 3. The molecule has 5 rings (SSSR count). The number of carbonyl (C=O) groups is 2. The quantitative estimate of drug-likeness (QED) is 0.527. The Bertz CT molecular complexity index is 1340. The van der Waals surface area contributed by atoms with Crippen molar-refractivity contribution >= 4 is 45.0 Å². The molecule has 1 aliphatic rings. The average Bonchev–Trinajstić information content (AvgIpc) is 3.11. The van der Waals surface area contributed by atoms with Crippen LogP contribution in [0.1, 0.15) is 15.9 Å². The minimum atomic E-state index is -0.190. The van der Waals surface area contributed by atoms with E-state index in [9.17, 15) is 9.59 Å². The predicted octanol–water partition coefficient (Wildman–Crippen LogP) is 4.82. The van der Waals surface area contributed by atoms with Gasteiger partial charge < -0.3 is 10.2 Å². The number of aromatic nitrogens is 1. The zero-order valence-electron chi connectivity index (χ0n) is 17.4. The number of hydrogen-bond donors (Lipinski definition) is 1. The van der Waals surface area contributed by atoms with E-state index in [1.807, 2.05) is 67.6 Å². The van der Waals surface area contributed by atoms with Crippen molar-refractivity contribution in [3.63, 3.8) is 0 Å². The van der Waals surface area contributed by atoms with Crippen molar-refractivity contribution in [2.75, 3.05) is 30.4 Å². The number of urea groups is 1. The molecule has 2 heterocycles. The lowest BCUT2D eigenvalue weighted by atomic mass is 10.0. The van der Waals surface area contributed by atoms with Gasteiger partial charge in [0.25, 0.3) is 5.91 Å². The fraction of sp³-hybridized carbons (Fsp3) is 0.160. The number of fused-ring (bicyclic) bond motifs is 2. The van der Waals surface area contributed by atoms with E-state index >= 15 is 0 Å². The molecule has 1 aliphatic heterocycles. The van der Waals surface area contributed by atoms with Gasteiger partial charge in [-0.2, -0.15) is 0 Å². The van der Waals surface area contributed by atoms with Gasteiger partial charge in [-0.15, -0.1) is 0 Å². The second kappa shape index (κ2) is 7.40. The normalized spacial score (nSPS) is 13.9. The van der Waals surface area contributed by atoms with Gasteiger partial charge in [-0.3, -0.25) is 14.7 Å². The maximum Gasteiger partial charge on any atom is 0.324 e. The summed E-state index contributed by atoms with van der Waals surface area (Å²) in [5.74, 6) is -0.190. The number of hydrogen-bond acceptors (Lipinski definition) is 3. The molecule has 3 amide bonds. The summed E-state index contributed by atoms with van der Waals surface area (Å²) >= 11 is 0. The second-order valence-corrected chi connectivity index (χ2v) is 7.83. The third kappa shape index (κ3) is 3.17. The molecule has 6 nitrogen and oxygen atoms in total. The van der Waals surface area contributed by atoms with Crippen LogP contribution in [0.4, 0.5) is 16.2 Å². The number of carbonyl (C=O) groups excluding carboxylic acids is 2. The van der Waals surface area contributed by atoms with E-state index in [0.717, 1.165) is 27.4 Å². The van der Waals surface area contributed by atoms with E-state index in [-0.39, 0.29) is 11.9 Å². The summed E-state index contributed by atoms with van der Waals surface area (Å²) in [5, 5.41) is 5.80. The molecule has 6 heteroatoms. The lowest BCUT2D eigenvalue weighted by Gasteiger charge is -2.21. The molecule has 154 valence electrons. The second-order valence-electron chi connectivity index (χ2n) is 7.83. The molecule has 0 atom stereocenters. The van der Waals surface area contributed by atoms with Gasteiger partial charge >= 0.3 is 6.03 Å². The molecule has 0 radical (unpaired) electrons. The van der Waals surface area contributed by atoms with Gasteiger partial charge in [0.1, 0.15) is 0 Å². The van der Waals surface area contributed by atoms with Gasteiger partial charge in [0, 0.05) is 37.3 Å². The fourth-order valence-electron chi connectivity index (χ4n) is 4.24. The molecule has 0 spiro atoms. The first kappa shape index (κ1) is 19.1. The summed E-state index contributed by atoms with van der Waals surface area (Å²) in [6, 6.07) is 19.2. The Morgan fingerprint density at radius 2 is 1.71 bits per heavy atom. The van der Waals surface area contributed by atoms with Gasteiger partial charge in [-0.05, 0) is 35.4 Å². The smallest absolute Gasteiger partial charge is 0.324 e. The highest BCUT2D eigenvalue weighted by Crippen LogP contribution is 2.34. The molecular formula is C25H22N4O2. The van der Waals surface area contributed by atoms with Gasteiger partial charge in [-0.25, -0.2) is 4.79 Å². The van der Waals surface area contributed by atoms with E-state index in [1.165, 1.54) is 0 Å². The first-order valence-corrected chi connectivity index (χ1v) is 10.2. The minimum Gasteiger partial charge on any atom is -0.326 e. The Labute approximate surface area is 180 Å². The Morgan fingerprint density at radius 3 is 2.52 bits per heavy atom. The third-order valence-electron chi connectivity index (χ3n) is 5.82. The maximum absolute atomic E-state index is 13.2. The molecule has 31 heavy (non-hydrogen) atoms. The van der Waals surface area contributed by atoms with Crippen molar-refractivity contribution in [2.24, 2.45) is 0 Å². The van der Waals surface area contributed by atoms with Crippen LogP contribution in [0.3, 0.4) is 0 Å². The van der Waals surface area contributed by atoms with E-state index in [2.05, 4.69) is 10.3 Å². The van der Waals surface area contributed by atoms with E-state index < -0.39 is 0 Å². The maximum atomic E-state index is 13.2. The van der Waals surface area contributed by atoms with Crippen LogP contribution in [-0.4, -0.2) is 42.0 Å². The Hall–Kier alpha value is -3.93. The highest BCUT2D eigenvalue weighted by atomic mass is 16.2. The zero-order valence-corrected chi connectivity index (χ0v) is 17.4. The SMILES string of the molecule is Cc1cnc2c(NC(=O)c3cccc4ccccc34)cccc2c1N1CCN(C)C1=O. The molecule has 4 aromatic rings. The number of pyridine rings is 1. The topological polar surface area (TPSA) is 65.5 Å². The fourth-order valence-corrected chi connectivity index (χ4v) is 4.24. The van der Waals surface area contributed by atoms with E-state index in [4.69, 9.17) is 0 Å². The van der Waals surface area contributed by atoms with Gasteiger partial charge in [-0.1, -0.05) is 48.5 Å². The molecular weight excluding hydrogens is 388 g/mol. The number of aryl methyl sites for hydroxylation is 1. The summed E-state index contributed by atoms with van der Waals surface area (Å²) in [7, 11) is 1.80. The first-order valence-electron chi connectivity index (χ1n) is 10.2. The van der Waals surface area contributed by atoms with Crippen LogP contribution in [0.2, 0.25) is 0 Å². The number of anilines is 2. The molecule has 0 aliphatic carbocycles. The largest absolute Gasteiger partial charge is 0.326 e. The lowest BCUT2D eigenvalue weighted by Crippen LogP contribution is -2.30. The van der Waals surface area contributed by atoms with Crippen molar-refractivity contribution in [2.45, 2.75) is 6.92 Å². The first-order chi connectivity index (χ1) is 15.0. The lowest BCUT2D eigenvalue weighted by molar-refractivity contribution is 0.102. The molecule has 1 N–H and O–H groups in total. The van der Waals surface area contributed by atoms with E-state index in [1.54, 1.807) is 23.0 Å². The number of nitrogens with one attached hydrogen (secondary N) is 1. The van der Waals surface area contributed by atoms with Crippen molar-refractivity contribution in [1.29, 1.82) is 0 Å². The standard InChI is InChI=1S/C25H22N4O2/c1-16-15-26-22-20(23(16)29-14-13-28(2)25(29)31)11-6-12-21(22)27-24(30)19-10-5-8-17-7-3-4-9-18(17)19/h3-12,15H,13-14H2,1-2H3,(H,27,30). The molecule has 0 saturated carbocycles. The number of amides is 3. The number of benzene rings is 3. The molecule has 1 aromatic heterocycles. The third-order valence-corrected chi connectivity index (χ3v) is 5.82. The number of nitrogens with zero attached hydrogens (tertiary/aromatic N) is 3. The Balaban J connectivity index is 1.58. The van der Waals surface area contributed by atoms with E-state index in [0.29, 0.717) is 29.9 Å². The van der Waals surface area contributed by atoms with Crippen LogP contribution >= 0.6 is 0 Å². The Morgan fingerprint density at radius 1 is 0.968 bits per heavy atom. The summed E-state index contributed by atoms with van der Waals surface area (Å²) in [6.07, 6.45) is 1.76. The molecule has 1 fully saturated rings. The summed E-state index contributed by atoms with van der Waals surface area (Å²) in [6.45, 7) is 3.26. The van der Waals surface area contributed by atoms with Crippen molar-refractivity contribution in [3.8, 4) is 0 Å². The predicted molar refractivity (Wildman–Crippen MR) is 124 cm³/mol. The minimum absolute atomic E-state index is 0.0270. The summed E-state index contributed by atoms with van der Waals surface area (Å²) < 4.78 is 0. The number of para-hydroxylation sites is 1. The van der Waals surface area contributed by atoms with Crippen LogP contribution in [-0.2, 0) is 0 Å². The summed E-state index contributed by atoms with van der Waals surface area (Å²) in [5.41, 5.74) is 3.67. The average molecular weight is 410 g/mol. The van der Waals surface area contributed by atoms with Gasteiger partial charge in [0.15, 0.2) is 0 Å². The van der Waals surface area contributed by atoms with Crippen molar-refractivity contribution in [1.82, 2.24) is 9.88 Å². The number of likely N-dealkylation sites (N-methyl/N-ethyl adjacent to an activating group) is 1. The molecule has 0 unspecified atom stereocenters. The van der Waals surface area contributed by atoms with Crippen LogP contribution in [0.15, 0.2) is 66.9 Å². The highest BCUT2D eigenvalue weighted by molar-refractivity contribution is 6.16. The van der Waals surface area contributed by atoms with Crippen LogP contribution < -0.4 is 10.2 Å². The van der Waals surface area contributed by atoms with Crippen molar-refractivity contribution < 1.29 is 9.59 Å². The molecule has 1 saturated heterocycles. The van der Waals surface area contributed by atoms with Gasteiger partial charge in [0.2, 0.25) is 0 Å². The zero-order chi connectivity index (χ0) is 21.5. The van der Waals surface area contributed by atoms with Gasteiger partial charge in [0.05, 0.1) is 16.9 Å². The van der Waals surface area contributed by atoms with Crippen LogP contribution in [0.25, 0.3) is 21.7 Å². The van der Waals surface area contributed by atoms with Crippen LogP contribution in [0, 0.1) is 6.92 Å². The summed E-state index contributed by atoms with van der Waals surface area (Å²) in [4.78, 5) is 33.9. The Kier molecular flexibility index (Phi) is 4.55. The highest BCUT2D eigenvalue weighted by Gasteiger charge is 2.29. The monoisotopic (exact) mass is 410 g/mol. The molecule has 3 aromatic carbocycles. The molecule has 0 bridgehead atoms. The van der Waals surface area contributed by atoms with Crippen LogP contribution in [0.5, 0.6) is 0 Å². The van der Waals surface area contributed by atoms with Crippen molar-refractivity contribution in [3.05, 3.63) is 78.0 Å².